The number of carbonyl (C=O) groups excluding carboxylic acids is 1. The molecule has 0 aliphatic carbocycles. The van der Waals surface area contributed by atoms with E-state index in [1.807, 2.05) is 6.92 Å². The molecular weight excluding hydrogens is 194 g/mol. The Bertz CT molecular complexity index is 171. The van der Waals surface area contributed by atoms with Crippen LogP contribution in [0.15, 0.2) is 0 Å². The predicted octanol–water partition coefficient (Wildman–Crippen LogP) is 1.20. The first-order valence-corrected chi connectivity index (χ1v) is 5.44. The maximum absolute atomic E-state index is 10.9. The van der Waals surface area contributed by atoms with Crippen molar-refractivity contribution in [2.24, 2.45) is 5.92 Å². The maximum Gasteiger partial charge on any atom is 0.307 e. The Morgan fingerprint density at radius 2 is 2.00 bits per heavy atom. The lowest BCUT2D eigenvalue weighted by Gasteiger charge is -2.13. The third-order valence-corrected chi connectivity index (χ3v) is 1.89. The largest absolute Gasteiger partial charge is 0.469 e. The molecule has 0 heterocycles. The number of ether oxygens (including phenoxy) is 2. The van der Waals surface area contributed by atoms with Crippen LogP contribution >= 0.6 is 0 Å². The van der Waals surface area contributed by atoms with Gasteiger partial charge >= 0.3 is 5.97 Å². The van der Waals surface area contributed by atoms with Gasteiger partial charge in [0.1, 0.15) is 0 Å². The lowest BCUT2D eigenvalue weighted by Crippen LogP contribution is -2.32. The van der Waals surface area contributed by atoms with Crippen molar-refractivity contribution in [3.63, 3.8) is 0 Å². The second kappa shape index (κ2) is 8.68. The van der Waals surface area contributed by atoms with Crippen molar-refractivity contribution in [3.05, 3.63) is 0 Å². The Morgan fingerprint density at radius 3 is 2.53 bits per heavy atom. The summed E-state index contributed by atoms with van der Waals surface area (Å²) < 4.78 is 9.97. The highest BCUT2D eigenvalue weighted by atomic mass is 16.5. The fraction of sp³-hybridized carbons (Fsp3) is 0.909. The van der Waals surface area contributed by atoms with Gasteiger partial charge in [-0.2, -0.15) is 0 Å². The molecule has 0 aromatic heterocycles. The third kappa shape index (κ3) is 9.69. The minimum absolute atomic E-state index is 0.139. The molecule has 4 nitrogen and oxygen atoms in total. The summed E-state index contributed by atoms with van der Waals surface area (Å²) in [6, 6.07) is 0.139. The highest BCUT2D eigenvalue weighted by molar-refractivity contribution is 5.69. The van der Waals surface area contributed by atoms with Crippen LogP contribution in [0.25, 0.3) is 0 Å². The molecule has 15 heavy (non-hydrogen) atoms. The van der Waals surface area contributed by atoms with Crippen LogP contribution in [-0.4, -0.2) is 38.9 Å². The average molecular weight is 217 g/mol. The van der Waals surface area contributed by atoms with Crippen molar-refractivity contribution in [1.29, 1.82) is 0 Å². The first-order valence-electron chi connectivity index (χ1n) is 5.44. The monoisotopic (exact) mass is 217 g/mol. The standard InChI is InChI=1S/C11H23NO3/c1-9(2)8-15-6-5-12-10(3)7-11(13)14-4/h9-10,12H,5-8H2,1-4H3. The Morgan fingerprint density at radius 1 is 1.33 bits per heavy atom. The van der Waals surface area contributed by atoms with Crippen LogP contribution in [0, 0.1) is 5.92 Å². The topological polar surface area (TPSA) is 47.6 Å². The van der Waals surface area contributed by atoms with Crippen molar-refractivity contribution >= 4 is 5.97 Å². The zero-order valence-electron chi connectivity index (χ0n) is 10.2. The number of hydrogen-bond donors (Lipinski definition) is 1. The second-order valence-electron chi connectivity index (χ2n) is 4.10. The normalized spacial score (nSPS) is 12.9. The number of methoxy groups -OCH3 is 1. The fourth-order valence-corrected chi connectivity index (χ4v) is 1.10. The fourth-order valence-electron chi connectivity index (χ4n) is 1.10. The number of rotatable bonds is 8. The predicted molar refractivity (Wildman–Crippen MR) is 59.8 cm³/mol. The first-order chi connectivity index (χ1) is 7.06. The molecule has 1 N–H and O–H groups in total. The third-order valence-electron chi connectivity index (χ3n) is 1.89. The highest BCUT2D eigenvalue weighted by Crippen LogP contribution is 1.93. The first kappa shape index (κ1) is 14.4. The summed E-state index contributed by atoms with van der Waals surface area (Å²) in [7, 11) is 1.40. The van der Waals surface area contributed by atoms with Crippen LogP contribution < -0.4 is 5.32 Å². The van der Waals surface area contributed by atoms with Gasteiger partial charge in [-0.25, -0.2) is 0 Å². The van der Waals surface area contributed by atoms with Gasteiger partial charge < -0.3 is 14.8 Å². The number of esters is 1. The molecule has 0 radical (unpaired) electrons. The van der Waals surface area contributed by atoms with Crippen LogP contribution in [-0.2, 0) is 14.3 Å². The van der Waals surface area contributed by atoms with Crippen LogP contribution in [0.4, 0.5) is 0 Å². The molecular formula is C11H23NO3. The smallest absolute Gasteiger partial charge is 0.307 e. The van der Waals surface area contributed by atoms with E-state index in [1.165, 1.54) is 7.11 Å². The number of nitrogens with one attached hydrogen (secondary N) is 1. The molecule has 1 atom stereocenters. The van der Waals surface area contributed by atoms with Crippen molar-refractivity contribution in [3.8, 4) is 0 Å². The molecule has 4 heteroatoms. The van der Waals surface area contributed by atoms with Gasteiger partial charge in [0.05, 0.1) is 20.1 Å². The molecule has 0 bridgehead atoms. The molecule has 0 aliphatic heterocycles. The molecule has 0 saturated heterocycles. The molecule has 0 aromatic rings. The molecule has 0 amide bonds. The Balaban J connectivity index is 3.31. The van der Waals surface area contributed by atoms with Gasteiger partial charge in [-0.05, 0) is 12.8 Å². The van der Waals surface area contributed by atoms with E-state index >= 15 is 0 Å². The minimum atomic E-state index is -0.182. The summed E-state index contributed by atoms with van der Waals surface area (Å²) in [5, 5.41) is 3.20. The quantitative estimate of drug-likeness (QED) is 0.490. The van der Waals surface area contributed by atoms with E-state index in [0.29, 0.717) is 18.9 Å². The highest BCUT2D eigenvalue weighted by Gasteiger charge is 2.07. The Hall–Kier alpha value is -0.610. The summed E-state index contributed by atoms with van der Waals surface area (Å²) in [5.41, 5.74) is 0. The molecule has 0 aliphatic rings. The maximum atomic E-state index is 10.9. The van der Waals surface area contributed by atoms with Crippen molar-refractivity contribution in [2.75, 3.05) is 26.9 Å². The van der Waals surface area contributed by atoms with Gasteiger partial charge in [0.2, 0.25) is 0 Å². The molecule has 0 fully saturated rings. The van der Waals surface area contributed by atoms with Crippen molar-refractivity contribution in [2.45, 2.75) is 33.2 Å². The van der Waals surface area contributed by atoms with E-state index in [1.54, 1.807) is 0 Å². The summed E-state index contributed by atoms with van der Waals surface area (Å²) in [6.45, 7) is 8.43. The van der Waals surface area contributed by atoms with Crippen LogP contribution in [0.3, 0.4) is 0 Å². The molecule has 0 rings (SSSR count). The van der Waals surface area contributed by atoms with E-state index in [0.717, 1.165) is 13.2 Å². The van der Waals surface area contributed by atoms with Crippen LogP contribution in [0.5, 0.6) is 0 Å². The van der Waals surface area contributed by atoms with Gasteiger partial charge in [0.25, 0.3) is 0 Å². The summed E-state index contributed by atoms with van der Waals surface area (Å²) in [5.74, 6) is 0.385. The zero-order valence-corrected chi connectivity index (χ0v) is 10.2. The molecule has 0 spiro atoms. The minimum Gasteiger partial charge on any atom is -0.469 e. The molecule has 90 valence electrons. The van der Waals surface area contributed by atoms with E-state index in [9.17, 15) is 4.79 Å². The number of carbonyl (C=O) groups is 1. The lowest BCUT2D eigenvalue weighted by molar-refractivity contribution is -0.141. The second-order valence-corrected chi connectivity index (χ2v) is 4.10. The van der Waals surface area contributed by atoms with E-state index in [2.05, 4.69) is 23.9 Å². The molecule has 1 unspecified atom stereocenters. The van der Waals surface area contributed by atoms with Gasteiger partial charge in [-0.3, -0.25) is 4.79 Å². The van der Waals surface area contributed by atoms with Crippen LogP contribution in [0.1, 0.15) is 27.2 Å². The van der Waals surface area contributed by atoms with Crippen LogP contribution in [0.2, 0.25) is 0 Å². The Kier molecular flexibility index (Phi) is 8.33. The van der Waals surface area contributed by atoms with E-state index in [4.69, 9.17) is 4.74 Å². The summed E-state index contributed by atoms with van der Waals surface area (Å²) in [6.07, 6.45) is 0.403. The van der Waals surface area contributed by atoms with E-state index in [-0.39, 0.29) is 12.0 Å². The van der Waals surface area contributed by atoms with Gasteiger partial charge in [-0.1, -0.05) is 13.8 Å². The number of hydrogen-bond acceptors (Lipinski definition) is 4. The Labute approximate surface area is 92.3 Å². The molecule has 0 aromatic carbocycles. The lowest BCUT2D eigenvalue weighted by atomic mass is 10.2. The summed E-state index contributed by atoms with van der Waals surface area (Å²) >= 11 is 0. The van der Waals surface area contributed by atoms with Gasteiger partial charge in [-0.15, -0.1) is 0 Å². The molecule has 0 saturated carbocycles. The van der Waals surface area contributed by atoms with E-state index < -0.39 is 0 Å². The van der Waals surface area contributed by atoms with Gasteiger partial charge in [0, 0.05) is 19.2 Å². The van der Waals surface area contributed by atoms with Gasteiger partial charge in [0.15, 0.2) is 0 Å². The van der Waals surface area contributed by atoms with Crippen molar-refractivity contribution < 1.29 is 14.3 Å². The summed E-state index contributed by atoms with van der Waals surface area (Å²) in [4.78, 5) is 10.9. The SMILES string of the molecule is COC(=O)CC(C)NCCOCC(C)C. The average Bonchev–Trinajstić information content (AvgIpc) is 2.16. The zero-order chi connectivity index (χ0) is 11.7. The van der Waals surface area contributed by atoms with Crippen molar-refractivity contribution in [1.82, 2.24) is 5.32 Å².